The van der Waals surface area contributed by atoms with Crippen LogP contribution in [0.1, 0.15) is 24.4 Å². The van der Waals surface area contributed by atoms with Crippen LogP contribution in [-0.2, 0) is 0 Å². The highest BCUT2D eigenvalue weighted by Gasteiger charge is 2.20. The summed E-state index contributed by atoms with van der Waals surface area (Å²) in [6, 6.07) is 1.86. The van der Waals surface area contributed by atoms with Gasteiger partial charge in [-0.15, -0.1) is 0 Å². The summed E-state index contributed by atoms with van der Waals surface area (Å²) in [6.45, 7) is 3.87. The van der Waals surface area contributed by atoms with Gasteiger partial charge in [0.1, 0.15) is 11.7 Å². The van der Waals surface area contributed by atoms with Gasteiger partial charge in [0.25, 0.3) is 0 Å². The summed E-state index contributed by atoms with van der Waals surface area (Å²) < 4.78 is 0. The highest BCUT2D eigenvalue weighted by atomic mass is 35.5. The van der Waals surface area contributed by atoms with Crippen molar-refractivity contribution in [2.45, 2.75) is 19.9 Å². The fourth-order valence-electron chi connectivity index (χ4n) is 1.24. The molecule has 1 aromatic rings. The molecule has 12 heavy (non-hydrogen) atoms. The van der Waals surface area contributed by atoms with Gasteiger partial charge in [0, 0.05) is 5.69 Å². The Hall–Kier alpha value is -0.960. The molecule has 0 radical (unpaired) electrons. The number of rotatable bonds is 0. The zero-order valence-corrected chi connectivity index (χ0v) is 7.63. The molecular formula is C8H8ClN3. The first kappa shape index (κ1) is 7.68. The molecule has 2 rings (SSSR count). The van der Waals surface area contributed by atoms with Crippen LogP contribution in [0.5, 0.6) is 0 Å². The zero-order chi connectivity index (χ0) is 8.72. The van der Waals surface area contributed by atoms with E-state index in [1.807, 2.05) is 13.8 Å². The molecule has 0 bridgehead atoms. The molecule has 3 nitrogen and oxygen atoms in total. The Bertz CT molecular complexity index is 360. The van der Waals surface area contributed by atoms with Crippen LogP contribution in [0.2, 0.25) is 5.02 Å². The lowest BCUT2D eigenvalue weighted by Gasteiger charge is -2.02. The highest BCUT2D eigenvalue weighted by molar-refractivity contribution is 6.33. The number of aryl methyl sites for hydroxylation is 1. The van der Waals surface area contributed by atoms with Gasteiger partial charge in [-0.3, -0.25) is 4.98 Å². The molecule has 1 aromatic heterocycles. The normalized spacial score (nSPS) is 19.8. The number of azo groups is 1. The Morgan fingerprint density at radius 2 is 2.25 bits per heavy atom. The van der Waals surface area contributed by atoms with Crippen LogP contribution in [0.3, 0.4) is 0 Å². The van der Waals surface area contributed by atoms with Gasteiger partial charge in [0.05, 0.1) is 10.7 Å². The lowest BCUT2D eigenvalue weighted by molar-refractivity contribution is 0.780. The van der Waals surface area contributed by atoms with Crippen molar-refractivity contribution in [3.05, 3.63) is 22.5 Å². The van der Waals surface area contributed by atoms with Crippen molar-refractivity contribution in [3.8, 4) is 0 Å². The summed E-state index contributed by atoms with van der Waals surface area (Å²) in [5, 5.41) is 8.58. The van der Waals surface area contributed by atoms with E-state index in [1.54, 1.807) is 6.07 Å². The van der Waals surface area contributed by atoms with E-state index in [-0.39, 0.29) is 6.04 Å². The van der Waals surface area contributed by atoms with E-state index in [9.17, 15) is 0 Å². The molecule has 0 N–H and O–H groups in total. The Morgan fingerprint density at radius 1 is 1.50 bits per heavy atom. The number of aromatic nitrogens is 1. The van der Waals surface area contributed by atoms with E-state index >= 15 is 0 Å². The standard InChI is InChI=1S/C8H8ClN3/c1-4-3-6(9)8-7(10-4)5(2)11-12-8/h3,5H,1-2H3. The number of nitrogens with zero attached hydrogens (tertiary/aromatic N) is 3. The minimum absolute atomic E-state index is 0.0531. The maximum Gasteiger partial charge on any atom is 0.128 e. The van der Waals surface area contributed by atoms with E-state index in [0.29, 0.717) is 5.02 Å². The zero-order valence-electron chi connectivity index (χ0n) is 6.87. The highest BCUT2D eigenvalue weighted by Crippen LogP contribution is 2.39. The third-order valence-corrected chi connectivity index (χ3v) is 2.12. The van der Waals surface area contributed by atoms with Crippen LogP contribution in [-0.4, -0.2) is 4.98 Å². The second-order valence-electron chi connectivity index (χ2n) is 2.87. The first-order valence-electron chi connectivity index (χ1n) is 3.76. The average molecular weight is 182 g/mol. The van der Waals surface area contributed by atoms with Crippen LogP contribution >= 0.6 is 11.6 Å². The maximum atomic E-state index is 5.95. The summed E-state index contributed by atoms with van der Waals surface area (Å²) in [5.74, 6) is 0. The van der Waals surface area contributed by atoms with E-state index in [1.165, 1.54) is 0 Å². The molecule has 0 fully saturated rings. The van der Waals surface area contributed by atoms with E-state index < -0.39 is 0 Å². The lowest BCUT2D eigenvalue weighted by Crippen LogP contribution is -1.92. The third-order valence-electron chi connectivity index (χ3n) is 1.83. The molecular weight excluding hydrogens is 174 g/mol. The van der Waals surface area contributed by atoms with Gasteiger partial charge >= 0.3 is 0 Å². The summed E-state index contributed by atoms with van der Waals surface area (Å²) >= 11 is 5.95. The number of hydrogen-bond acceptors (Lipinski definition) is 3. The summed E-state index contributed by atoms with van der Waals surface area (Å²) in [7, 11) is 0. The molecule has 1 atom stereocenters. The molecule has 0 spiro atoms. The van der Waals surface area contributed by atoms with Crippen molar-refractivity contribution in [3.63, 3.8) is 0 Å². The first-order chi connectivity index (χ1) is 5.68. The molecule has 0 saturated carbocycles. The first-order valence-corrected chi connectivity index (χ1v) is 4.14. The minimum Gasteiger partial charge on any atom is -0.253 e. The molecule has 1 unspecified atom stereocenters. The fourth-order valence-corrected chi connectivity index (χ4v) is 1.53. The minimum atomic E-state index is 0.0531. The monoisotopic (exact) mass is 181 g/mol. The summed E-state index contributed by atoms with van der Waals surface area (Å²) in [6.07, 6.45) is 0. The van der Waals surface area contributed by atoms with E-state index in [4.69, 9.17) is 11.6 Å². The maximum absolute atomic E-state index is 5.95. The Kier molecular flexibility index (Phi) is 1.61. The molecule has 1 aliphatic heterocycles. The Balaban J connectivity index is 2.66. The molecule has 4 heteroatoms. The fraction of sp³-hybridized carbons (Fsp3) is 0.375. The second kappa shape index (κ2) is 2.52. The van der Waals surface area contributed by atoms with Gasteiger partial charge in [-0.05, 0) is 19.9 Å². The number of fused-ring (bicyclic) bond motifs is 1. The van der Waals surface area contributed by atoms with Crippen molar-refractivity contribution < 1.29 is 0 Å². The van der Waals surface area contributed by atoms with E-state index in [2.05, 4.69) is 15.2 Å². The van der Waals surface area contributed by atoms with Gasteiger partial charge in [-0.25, -0.2) is 0 Å². The predicted molar refractivity (Wildman–Crippen MR) is 46.9 cm³/mol. The lowest BCUT2D eigenvalue weighted by atomic mass is 10.2. The van der Waals surface area contributed by atoms with Crippen molar-refractivity contribution in [2.24, 2.45) is 10.2 Å². The molecule has 0 amide bonds. The van der Waals surface area contributed by atoms with Gasteiger partial charge in [-0.1, -0.05) is 11.6 Å². The number of halogens is 1. The Morgan fingerprint density at radius 3 is 3.00 bits per heavy atom. The quantitative estimate of drug-likeness (QED) is 0.606. The van der Waals surface area contributed by atoms with Gasteiger partial charge in [0.2, 0.25) is 0 Å². The molecule has 2 heterocycles. The van der Waals surface area contributed by atoms with E-state index in [0.717, 1.165) is 17.1 Å². The van der Waals surface area contributed by atoms with Crippen LogP contribution in [0, 0.1) is 6.92 Å². The van der Waals surface area contributed by atoms with Gasteiger partial charge < -0.3 is 0 Å². The van der Waals surface area contributed by atoms with Crippen LogP contribution in [0.25, 0.3) is 0 Å². The largest absolute Gasteiger partial charge is 0.253 e. The van der Waals surface area contributed by atoms with Crippen molar-refractivity contribution in [1.82, 2.24) is 4.98 Å². The van der Waals surface area contributed by atoms with Crippen LogP contribution in [0.4, 0.5) is 5.69 Å². The Labute approximate surface area is 75.5 Å². The third kappa shape index (κ3) is 1.01. The smallest absolute Gasteiger partial charge is 0.128 e. The SMILES string of the molecule is Cc1cc(Cl)c2c(n1)C(C)N=N2. The summed E-state index contributed by atoms with van der Waals surface area (Å²) in [4.78, 5) is 4.32. The van der Waals surface area contributed by atoms with Crippen molar-refractivity contribution >= 4 is 17.3 Å². The summed E-state index contributed by atoms with van der Waals surface area (Å²) in [5.41, 5.74) is 2.53. The molecule has 1 aliphatic rings. The van der Waals surface area contributed by atoms with Crippen LogP contribution in [0.15, 0.2) is 16.3 Å². The predicted octanol–water partition coefficient (Wildman–Crippen LogP) is 3.20. The van der Waals surface area contributed by atoms with Gasteiger partial charge in [0.15, 0.2) is 0 Å². The molecule has 62 valence electrons. The average Bonchev–Trinajstić information content (AvgIpc) is 2.33. The second-order valence-corrected chi connectivity index (χ2v) is 3.28. The van der Waals surface area contributed by atoms with Crippen molar-refractivity contribution in [2.75, 3.05) is 0 Å². The number of hydrogen-bond donors (Lipinski definition) is 0. The van der Waals surface area contributed by atoms with Crippen molar-refractivity contribution in [1.29, 1.82) is 0 Å². The van der Waals surface area contributed by atoms with Crippen LogP contribution < -0.4 is 0 Å². The number of pyridine rings is 1. The van der Waals surface area contributed by atoms with Gasteiger partial charge in [-0.2, -0.15) is 10.2 Å². The molecule has 0 saturated heterocycles. The molecule has 0 aromatic carbocycles. The molecule has 0 aliphatic carbocycles. The topological polar surface area (TPSA) is 37.6 Å².